The minimum absolute atomic E-state index is 0.0172. The number of nitrogens with one attached hydrogen (secondary N) is 1. The lowest BCUT2D eigenvalue weighted by Crippen LogP contribution is -2.36. The smallest absolute Gasteiger partial charge is 0.303 e. The topological polar surface area (TPSA) is 70.7 Å². The van der Waals surface area contributed by atoms with Crippen molar-refractivity contribution < 1.29 is 22.4 Å². The molecule has 0 aliphatic rings. The lowest BCUT2D eigenvalue weighted by molar-refractivity contribution is -0.213. The molecule has 1 heterocycles. The fourth-order valence-corrected chi connectivity index (χ4v) is 2.67. The molecule has 1 N–H and O–H groups in total. The third-order valence-electron chi connectivity index (χ3n) is 4.13. The van der Waals surface area contributed by atoms with E-state index < -0.39 is 35.3 Å². The predicted octanol–water partition coefficient (Wildman–Crippen LogP) is 4.72. The number of amides is 1. The van der Waals surface area contributed by atoms with Gasteiger partial charge in [0.15, 0.2) is 0 Å². The average Bonchev–Trinajstić information content (AvgIpc) is 2.81. The highest BCUT2D eigenvalue weighted by Gasteiger charge is 2.48. The number of aromatic nitrogens is 2. The molecule has 0 fully saturated rings. The van der Waals surface area contributed by atoms with Crippen LogP contribution in [0.1, 0.15) is 46.6 Å². The monoisotopic (exact) mass is 384 g/mol. The molecular weight excluding hydrogens is 364 g/mol. The summed E-state index contributed by atoms with van der Waals surface area (Å²) in [4.78, 5) is 16.4. The molecule has 5 nitrogen and oxygen atoms in total. The van der Waals surface area contributed by atoms with Gasteiger partial charge in [-0.2, -0.15) is 18.4 Å². The van der Waals surface area contributed by atoms with Crippen LogP contribution in [-0.2, 0) is 10.3 Å². The number of nitrogens with zero attached hydrogens (tertiary/aromatic N) is 3. The summed E-state index contributed by atoms with van der Waals surface area (Å²) in [5.41, 5.74) is -2.45. The third kappa shape index (κ3) is 4.04. The number of hydrogen-bond acceptors (Lipinski definition) is 3. The Balaban J connectivity index is 2.53. The first kappa shape index (κ1) is 20.7. The van der Waals surface area contributed by atoms with Gasteiger partial charge in [0.1, 0.15) is 11.9 Å². The molecule has 27 heavy (non-hydrogen) atoms. The highest BCUT2D eigenvalue weighted by molar-refractivity contribution is 5.93. The zero-order valence-corrected chi connectivity index (χ0v) is 15.6. The van der Waals surface area contributed by atoms with E-state index in [-0.39, 0.29) is 17.0 Å². The van der Waals surface area contributed by atoms with Crippen molar-refractivity contribution in [1.82, 2.24) is 9.55 Å². The molecule has 1 aromatic carbocycles. The summed E-state index contributed by atoms with van der Waals surface area (Å²) in [6.45, 7) is 7.18. The molecule has 0 aliphatic heterocycles. The molecule has 0 saturated carbocycles. The zero-order valence-electron chi connectivity index (χ0n) is 15.6. The molecule has 0 spiro atoms. The van der Waals surface area contributed by atoms with E-state index in [0.717, 1.165) is 26.0 Å². The van der Waals surface area contributed by atoms with Crippen LogP contribution < -0.4 is 5.32 Å². The highest BCUT2D eigenvalue weighted by atomic mass is 19.4. The van der Waals surface area contributed by atoms with Crippen molar-refractivity contribution in [3.8, 4) is 6.07 Å². The number of benzene rings is 1. The van der Waals surface area contributed by atoms with Crippen LogP contribution in [0.15, 0.2) is 12.1 Å². The second kappa shape index (κ2) is 6.51. The first-order chi connectivity index (χ1) is 12.2. The quantitative estimate of drug-likeness (QED) is 0.779. The van der Waals surface area contributed by atoms with Crippen LogP contribution >= 0.6 is 0 Å². The molecule has 146 valence electrons. The number of carbonyl (C=O) groups excluding carboxylic acids is 1. The van der Waals surface area contributed by atoms with E-state index in [0.29, 0.717) is 5.52 Å². The van der Waals surface area contributed by atoms with E-state index in [1.807, 2.05) is 6.07 Å². The largest absolute Gasteiger partial charge is 0.394 e. The summed E-state index contributed by atoms with van der Waals surface area (Å²) in [6, 6.07) is 4.04. The van der Waals surface area contributed by atoms with Gasteiger partial charge in [-0.05, 0) is 26.8 Å². The Morgan fingerprint density at radius 3 is 2.30 bits per heavy atom. The zero-order chi connectivity index (χ0) is 20.8. The summed E-state index contributed by atoms with van der Waals surface area (Å²) < 4.78 is 54.3. The van der Waals surface area contributed by atoms with Crippen LogP contribution in [0.3, 0.4) is 0 Å². The molecule has 0 radical (unpaired) electrons. The second-order valence-electron chi connectivity index (χ2n) is 7.98. The molecular formula is C18H20F4N4O. The van der Waals surface area contributed by atoms with Gasteiger partial charge >= 0.3 is 6.18 Å². The molecule has 0 unspecified atom stereocenters. The summed E-state index contributed by atoms with van der Waals surface area (Å²) >= 11 is 0. The van der Waals surface area contributed by atoms with Crippen LogP contribution in [0.2, 0.25) is 0 Å². The summed E-state index contributed by atoms with van der Waals surface area (Å²) in [5.74, 6) is -1.59. The molecule has 0 saturated heterocycles. The predicted molar refractivity (Wildman–Crippen MR) is 92.5 cm³/mol. The van der Waals surface area contributed by atoms with Gasteiger partial charge < -0.3 is 4.57 Å². The first-order valence-corrected chi connectivity index (χ1v) is 8.16. The molecule has 0 bridgehead atoms. The molecule has 2 rings (SSSR count). The third-order valence-corrected chi connectivity index (χ3v) is 4.13. The average molecular weight is 384 g/mol. The number of hydrogen-bond donors (Lipinski definition) is 1. The minimum atomic E-state index is -4.55. The summed E-state index contributed by atoms with van der Waals surface area (Å²) in [6.07, 6.45) is -5.35. The number of anilines is 1. The second-order valence-corrected chi connectivity index (χ2v) is 7.98. The number of halogens is 4. The first-order valence-electron chi connectivity index (χ1n) is 8.16. The Labute approximate surface area is 154 Å². The van der Waals surface area contributed by atoms with Crippen molar-refractivity contribution in [3.05, 3.63) is 23.5 Å². The van der Waals surface area contributed by atoms with Crippen LogP contribution in [0, 0.1) is 22.6 Å². The van der Waals surface area contributed by atoms with E-state index in [1.54, 1.807) is 20.8 Å². The van der Waals surface area contributed by atoms with Gasteiger partial charge in [0.2, 0.25) is 11.9 Å². The number of fused-ring (bicyclic) bond motifs is 1. The van der Waals surface area contributed by atoms with Crippen LogP contribution in [0.4, 0.5) is 23.5 Å². The molecule has 9 heteroatoms. The van der Waals surface area contributed by atoms with Crippen molar-refractivity contribution in [2.45, 2.75) is 52.8 Å². The van der Waals surface area contributed by atoms with E-state index in [1.165, 1.54) is 4.57 Å². The van der Waals surface area contributed by atoms with E-state index in [4.69, 9.17) is 0 Å². The Bertz CT molecular complexity index is 930. The maximum Gasteiger partial charge on any atom is 0.394 e. The normalized spacial score (nSPS) is 12.9. The maximum atomic E-state index is 13.7. The fourth-order valence-electron chi connectivity index (χ4n) is 2.67. The SMILES string of the molecule is CC(C)(C)n1c(NC(=O)CC(C)(C)C(F)(F)F)nc2cc(F)cc(C#N)c21. The van der Waals surface area contributed by atoms with Crippen molar-refractivity contribution in [1.29, 1.82) is 5.26 Å². The number of imidazole rings is 1. The van der Waals surface area contributed by atoms with Crippen molar-refractivity contribution in [3.63, 3.8) is 0 Å². The van der Waals surface area contributed by atoms with E-state index >= 15 is 0 Å². The lowest BCUT2D eigenvalue weighted by Gasteiger charge is -2.28. The van der Waals surface area contributed by atoms with Crippen LogP contribution in [-0.4, -0.2) is 21.6 Å². The maximum absolute atomic E-state index is 13.7. The van der Waals surface area contributed by atoms with Crippen molar-refractivity contribution in [2.75, 3.05) is 5.32 Å². The van der Waals surface area contributed by atoms with Gasteiger partial charge in [-0.25, -0.2) is 9.37 Å². The Kier molecular flexibility index (Phi) is 4.99. The van der Waals surface area contributed by atoms with Gasteiger partial charge in [0.05, 0.1) is 22.0 Å². The Morgan fingerprint density at radius 1 is 1.22 bits per heavy atom. The number of nitriles is 1. The van der Waals surface area contributed by atoms with E-state index in [9.17, 15) is 27.6 Å². The highest BCUT2D eigenvalue weighted by Crippen LogP contribution is 2.40. The Hall–Kier alpha value is -2.63. The fraction of sp³-hybridized carbons (Fsp3) is 0.500. The van der Waals surface area contributed by atoms with Gasteiger partial charge in [-0.1, -0.05) is 13.8 Å². The Morgan fingerprint density at radius 2 is 1.81 bits per heavy atom. The van der Waals surface area contributed by atoms with Crippen LogP contribution in [0.5, 0.6) is 0 Å². The molecule has 2 aromatic rings. The van der Waals surface area contributed by atoms with E-state index in [2.05, 4.69) is 10.3 Å². The summed E-state index contributed by atoms with van der Waals surface area (Å²) in [7, 11) is 0. The minimum Gasteiger partial charge on any atom is -0.303 e. The number of rotatable bonds is 3. The lowest BCUT2D eigenvalue weighted by atomic mass is 9.88. The van der Waals surface area contributed by atoms with Crippen molar-refractivity contribution >= 4 is 22.9 Å². The van der Waals surface area contributed by atoms with Crippen molar-refractivity contribution in [2.24, 2.45) is 5.41 Å². The molecule has 0 atom stereocenters. The number of carbonyl (C=O) groups is 1. The molecule has 1 amide bonds. The number of alkyl halides is 3. The van der Waals surface area contributed by atoms with Crippen LogP contribution in [0.25, 0.3) is 11.0 Å². The molecule has 0 aliphatic carbocycles. The molecule has 1 aromatic heterocycles. The van der Waals surface area contributed by atoms with Gasteiger partial charge in [0.25, 0.3) is 0 Å². The standard InChI is InChI=1S/C18H20F4N4O/c1-16(2,3)26-14-10(9-23)6-11(19)7-12(14)24-15(26)25-13(27)8-17(4,5)18(20,21)22/h6-7H,8H2,1-5H3,(H,24,25,27). The van der Waals surface area contributed by atoms with Gasteiger partial charge in [0, 0.05) is 18.0 Å². The van der Waals surface area contributed by atoms with Gasteiger partial charge in [-0.15, -0.1) is 0 Å². The summed E-state index contributed by atoms with van der Waals surface area (Å²) in [5, 5.41) is 11.7. The van der Waals surface area contributed by atoms with Gasteiger partial charge in [-0.3, -0.25) is 10.1 Å².